The van der Waals surface area contributed by atoms with Gasteiger partial charge in [-0.2, -0.15) is 0 Å². The van der Waals surface area contributed by atoms with Gasteiger partial charge in [-0.05, 0) is 55.5 Å². The minimum Gasteiger partial charge on any atom is -0.494 e. The Morgan fingerprint density at radius 3 is 2.45 bits per heavy atom. The molecule has 0 spiro atoms. The van der Waals surface area contributed by atoms with Crippen molar-refractivity contribution in [2.75, 3.05) is 26.1 Å². The fourth-order valence-electron chi connectivity index (χ4n) is 3.39. The van der Waals surface area contributed by atoms with E-state index in [0.717, 1.165) is 11.3 Å². The minimum atomic E-state index is -0.293. The van der Waals surface area contributed by atoms with E-state index < -0.39 is 0 Å². The molecule has 0 aliphatic rings. The van der Waals surface area contributed by atoms with E-state index in [1.807, 2.05) is 37.3 Å². The molecule has 1 aromatic heterocycles. The molecule has 0 saturated heterocycles. The quantitative estimate of drug-likeness (QED) is 0.377. The van der Waals surface area contributed by atoms with Crippen molar-refractivity contribution in [3.05, 3.63) is 78.5 Å². The van der Waals surface area contributed by atoms with Crippen LogP contribution in [0.3, 0.4) is 0 Å². The predicted molar refractivity (Wildman–Crippen MR) is 126 cm³/mol. The molecule has 0 radical (unpaired) electrons. The van der Waals surface area contributed by atoms with Crippen LogP contribution in [0, 0.1) is 0 Å². The summed E-state index contributed by atoms with van der Waals surface area (Å²) in [5, 5.41) is 2.89. The van der Waals surface area contributed by atoms with E-state index in [-0.39, 0.29) is 5.91 Å². The van der Waals surface area contributed by atoms with Crippen molar-refractivity contribution in [3.63, 3.8) is 0 Å². The van der Waals surface area contributed by atoms with Gasteiger partial charge in [0.25, 0.3) is 5.91 Å². The number of nitrogens with zero attached hydrogens (tertiary/aromatic N) is 1. The maximum atomic E-state index is 13.1. The van der Waals surface area contributed by atoms with Gasteiger partial charge in [0.15, 0.2) is 17.3 Å². The van der Waals surface area contributed by atoms with E-state index in [1.54, 1.807) is 56.8 Å². The predicted octanol–water partition coefficient (Wildman–Crippen LogP) is 5.68. The van der Waals surface area contributed by atoms with Gasteiger partial charge in [0.1, 0.15) is 5.75 Å². The number of methoxy groups -OCH3 is 2. The third-order valence-corrected chi connectivity index (χ3v) is 5.00. The maximum Gasteiger partial charge on any atom is 0.256 e. The smallest absolute Gasteiger partial charge is 0.256 e. The Morgan fingerprint density at radius 2 is 1.73 bits per heavy atom. The Morgan fingerprint density at radius 1 is 0.970 bits per heavy atom. The van der Waals surface area contributed by atoms with Gasteiger partial charge < -0.3 is 23.9 Å². The van der Waals surface area contributed by atoms with Gasteiger partial charge in [0.05, 0.1) is 32.6 Å². The molecule has 7 heteroatoms. The summed E-state index contributed by atoms with van der Waals surface area (Å²) >= 11 is 0. The van der Waals surface area contributed by atoms with Crippen LogP contribution in [0.2, 0.25) is 0 Å². The summed E-state index contributed by atoms with van der Waals surface area (Å²) in [6.45, 7) is 2.54. The highest BCUT2D eigenvalue weighted by molar-refractivity contribution is 6.08. The van der Waals surface area contributed by atoms with E-state index in [4.69, 9.17) is 18.6 Å². The number of benzene rings is 3. The number of rotatable bonds is 8. The summed E-state index contributed by atoms with van der Waals surface area (Å²) in [6, 6.07) is 19.9. The van der Waals surface area contributed by atoms with Crippen molar-refractivity contribution in [1.82, 2.24) is 4.98 Å². The van der Waals surface area contributed by atoms with Crippen LogP contribution in [0.25, 0.3) is 22.8 Å². The topological polar surface area (TPSA) is 82.8 Å². The van der Waals surface area contributed by atoms with Gasteiger partial charge in [0.2, 0.25) is 5.89 Å². The Balaban J connectivity index is 1.58. The molecule has 0 bridgehead atoms. The molecule has 0 atom stereocenters. The molecule has 3 aromatic carbocycles. The second kappa shape index (κ2) is 9.91. The molecule has 4 rings (SSSR count). The molecule has 7 nitrogen and oxygen atoms in total. The van der Waals surface area contributed by atoms with E-state index in [9.17, 15) is 4.79 Å². The van der Waals surface area contributed by atoms with Gasteiger partial charge in [0, 0.05) is 22.9 Å². The first-order valence-corrected chi connectivity index (χ1v) is 10.4. The molecule has 1 amide bonds. The second-order valence-electron chi connectivity index (χ2n) is 7.06. The number of carbonyl (C=O) groups excluding carboxylic acids is 1. The fourth-order valence-corrected chi connectivity index (χ4v) is 3.39. The van der Waals surface area contributed by atoms with Gasteiger partial charge in [-0.1, -0.05) is 12.1 Å². The van der Waals surface area contributed by atoms with E-state index >= 15 is 0 Å². The SMILES string of the molecule is CCOc1ccc(-c2cnc(-c3ccccc3C(=O)Nc3ccc(OC)c(OC)c3)o2)cc1. The standard InChI is InChI=1S/C26H24N2O5/c1-4-32-19-12-9-17(10-13-19)24-16-27-26(33-24)21-8-6-5-7-20(21)25(29)28-18-11-14-22(30-2)23(15-18)31-3/h5-16H,4H2,1-3H3,(H,28,29). The van der Waals surface area contributed by atoms with Crippen molar-refractivity contribution in [2.24, 2.45) is 0 Å². The molecule has 0 saturated carbocycles. The molecule has 168 valence electrons. The van der Waals surface area contributed by atoms with Gasteiger partial charge in [-0.3, -0.25) is 4.79 Å². The third kappa shape index (κ3) is 4.82. The first-order chi connectivity index (χ1) is 16.1. The summed E-state index contributed by atoms with van der Waals surface area (Å²) in [5.41, 5.74) is 2.47. The van der Waals surface area contributed by atoms with Gasteiger partial charge in [-0.15, -0.1) is 0 Å². The number of hydrogen-bond acceptors (Lipinski definition) is 6. The largest absolute Gasteiger partial charge is 0.494 e. The van der Waals surface area contributed by atoms with Crippen LogP contribution in [0.4, 0.5) is 5.69 Å². The highest BCUT2D eigenvalue weighted by Crippen LogP contribution is 2.32. The van der Waals surface area contributed by atoms with E-state index in [2.05, 4.69) is 10.3 Å². The zero-order valence-electron chi connectivity index (χ0n) is 18.6. The monoisotopic (exact) mass is 444 g/mol. The minimum absolute atomic E-state index is 0.293. The first kappa shape index (κ1) is 22.0. The molecular formula is C26H24N2O5. The Labute approximate surface area is 191 Å². The lowest BCUT2D eigenvalue weighted by molar-refractivity contribution is 0.102. The number of aromatic nitrogens is 1. The molecular weight excluding hydrogens is 420 g/mol. The molecule has 0 fully saturated rings. The number of nitrogens with one attached hydrogen (secondary N) is 1. The molecule has 0 aliphatic carbocycles. The normalized spacial score (nSPS) is 10.5. The van der Waals surface area contributed by atoms with Crippen LogP contribution in [0.5, 0.6) is 17.2 Å². The van der Waals surface area contributed by atoms with Crippen LogP contribution in [-0.2, 0) is 0 Å². The average molecular weight is 444 g/mol. The van der Waals surface area contributed by atoms with Gasteiger partial charge >= 0.3 is 0 Å². The average Bonchev–Trinajstić information content (AvgIpc) is 3.35. The Kier molecular flexibility index (Phi) is 6.59. The van der Waals surface area contributed by atoms with Crippen LogP contribution in [0.15, 0.2) is 77.3 Å². The summed E-state index contributed by atoms with van der Waals surface area (Å²) in [4.78, 5) is 17.5. The number of carbonyl (C=O) groups is 1. The van der Waals surface area contributed by atoms with Crippen molar-refractivity contribution in [1.29, 1.82) is 0 Å². The lowest BCUT2D eigenvalue weighted by Gasteiger charge is -2.11. The number of amides is 1. The lowest BCUT2D eigenvalue weighted by atomic mass is 10.1. The molecule has 33 heavy (non-hydrogen) atoms. The van der Waals surface area contributed by atoms with Crippen molar-refractivity contribution < 1.29 is 23.4 Å². The second-order valence-corrected chi connectivity index (χ2v) is 7.06. The van der Waals surface area contributed by atoms with Crippen LogP contribution in [-0.4, -0.2) is 31.7 Å². The zero-order valence-corrected chi connectivity index (χ0v) is 18.6. The summed E-state index contributed by atoms with van der Waals surface area (Å²) in [5.74, 6) is 2.56. The Hall–Kier alpha value is -4.26. The molecule has 0 aliphatic heterocycles. The fraction of sp³-hybridized carbons (Fsp3) is 0.154. The number of ether oxygens (including phenoxy) is 3. The van der Waals surface area contributed by atoms with E-state index in [1.165, 1.54) is 0 Å². The highest BCUT2D eigenvalue weighted by atomic mass is 16.5. The molecule has 1 N–H and O–H groups in total. The maximum absolute atomic E-state index is 13.1. The summed E-state index contributed by atoms with van der Waals surface area (Å²) in [7, 11) is 3.10. The number of hydrogen-bond donors (Lipinski definition) is 1. The van der Waals surface area contributed by atoms with Crippen molar-refractivity contribution in [3.8, 4) is 40.0 Å². The van der Waals surface area contributed by atoms with Crippen LogP contribution in [0.1, 0.15) is 17.3 Å². The molecule has 4 aromatic rings. The first-order valence-electron chi connectivity index (χ1n) is 10.4. The summed E-state index contributed by atoms with van der Waals surface area (Å²) in [6.07, 6.45) is 1.65. The zero-order chi connectivity index (χ0) is 23.2. The van der Waals surface area contributed by atoms with Crippen LogP contribution < -0.4 is 19.5 Å². The summed E-state index contributed by atoms with van der Waals surface area (Å²) < 4.78 is 22.0. The highest BCUT2D eigenvalue weighted by Gasteiger charge is 2.18. The molecule has 0 unspecified atom stereocenters. The van der Waals surface area contributed by atoms with Gasteiger partial charge in [-0.25, -0.2) is 4.98 Å². The van der Waals surface area contributed by atoms with Crippen LogP contribution >= 0.6 is 0 Å². The lowest BCUT2D eigenvalue weighted by Crippen LogP contribution is -2.13. The third-order valence-electron chi connectivity index (χ3n) is 5.00. The Bertz CT molecular complexity index is 1250. The van der Waals surface area contributed by atoms with Crippen molar-refractivity contribution in [2.45, 2.75) is 6.92 Å². The van der Waals surface area contributed by atoms with Crippen molar-refractivity contribution >= 4 is 11.6 Å². The molecule has 1 heterocycles. The number of oxazole rings is 1. The number of anilines is 1. The van der Waals surface area contributed by atoms with E-state index in [0.29, 0.717) is 46.6 Å².